The lowest BCUT2D eigenvalue weighted by Crippen LogP contribution is -2.58. The van der Waals surface area contributed by atoms with Crippen molar-refractivity contribution in [1.29, 1.82) is 0 Å². The van der Waals surface area contributed by atoms with E-state index >= 15 is 0 Å². The molecule has 1 aliphatic heterocycles. The van der Waals surface area contributed by atoms with Crippen molar-refractivity contribution in [3.63, 3.8) is 0 Å². The molecule has 1 aromatic rings. The highest BCUT2D eigenvalue weighted by molar-refractivity contribution is 9.11. The number of aromatic nitrogens is 1. The molecule has 1 amide bonds. The van der Waals surface area contributed by atoms with Gasteiger partial charge in [-0.15, -0.1) is 0 Å². The number of nitrogens with zero attached hydrogens (tertiary/aromatic N) is 2. The number of rotatable bonds is 3. The maximum atomic E-state index is 12.1. The third-order valence-electron chi connectivity index (χ3n) is 2.96. The Morgan fingerprint density at radius 1 is 1.63 bits per heavy atom. The molecule has 0 aliphatic carbocycles. The molecule has 1 saturated heterocycles. The lowest BCUT2D eigenvalue weighted by Gasteiger charge is -2.36. The van der Waals surface area contributed by atoms with Crippen LogP contribution >= 0.6 is 31.9 Å². The van der Waals surface area contributed by atoms with Crippen LogP contribution < -0.4 is 15.5 Å². The Morgan fingerprint density at radius 2 is 2.42 bits per heavy atom. The molecule has 2 rings (SSSR count). The van der Waals surface area contributed by atoms with Crippen molar-refractivity contribution in [2.45, 2.75) is 13.0 Å². The van der Waals surface area contributed by atoms with Gasteiger partial charge < -0.3 is 15.5 Å². The summed E-state index contributed by atoms with van der Waals surface area (Å²) in [6, 6.07) is 1.72. The van der Waals surface area contributed by atoms with Crippen molar-refractivity contribution in [2.24, 2.45) is 0 Å². The van der Waals surface area contributed by atoms with Crippen LogP contribution in [0.15, 0.2) is 21.2 Å². The van der Waals surface area contributed by atoms with Gasteiger partial charge in [0, 0.05) is 36.8 Å². The number of piperazine rings is 1. The van der Waals surface area contributed by atoms with E-state index in [1.165, 1.54) is 0 Å². The molecule has 2 N–H and O–H groups in total. The van der Waals surface area contributed by atoms with Crippen LogP contribution in [0.3, 0.4) is 0 Å². The molecule has 1 aromatic heterocycles. The second kappa shape index (κ2) is 6.67. The first kappa shape index (κ1) is 14.7. The van der Waals surface area contributed by atoms with Crippen LogP contribution in [0.2, 0.25) is 0 Å². The zero-order valence-corrected chi connectivity index (χ0v) is 13.8. The first-order valence-electron chi connectivity index (χ1n) is 6.19. The molecule has 1 atom stereocenters. The number of amides is 1. The molecular weight excluding hydrogens is 376 g/mol. The minimum atomic E-state index is -0.223. The van der Waals surface area contributed by atoms with Gasteiger partial charge in [-0.1, -0.05) is 0 Å². The van der Waals surface area contributed by atoms with Crippen molar-refractivity contribution in [1.82, 2.24) is 15.6 Å². The van der Waals surface area contributed by atoms with E-state index in [1.807, 2.05) is 17.9 Å². The van der Waals surface area contributed by atoms with Crippen molar-refractivity contribution in [2.75, 3.05) is 31.1 Å². The molecule has 0 aromatic carbocycles. The van der Waals surface area contributed by atoms with Crippen molar-refractivity contribution in [3.8, 4) is 0 Å². The van der Waals surface area contributed by atoms with Crippen LogP contribution in [0.25, 0.3) is 0 Å². The summed E-state index contributed by atoms with van der Waals surface area (Å²) < 4.78 is 1.80. The predicted molar refractivity (Wildman–Crippen MR) is 82.3 cm³/mol. The molecule has 1 unspecified atom stereocenters. The highest BCUT2D eigenvalue weighted by Crippen LogP contribution is 2.28. The monoisotopic (exact) mass is 390 g/mol. The number of nitrogens with one attached hydrogen (secondary N) is 2. The maximum absolute atomic E-state index is 12.1. The van der Waals surface area contributed by atoms with E-state index < -0.39 is 0 Å². The summed E-state index contributed by atoms with van der Waals surface area (Å²) in [7, 11) is 0. The highest BCUT2D eigenvalue weighted by atomic mass is 79.9. The fraction of sp³-hybridized carbons (Fsp3) is 0.500. The van der Waals surface area contributed by atoms with E-state index in [0.717, 1.165) is 27.9 Å². The Labute approximate surface area is 129 Å². The van der Waals surface area contributed by atoms with E-state index in [1.54, 1.807) is 6.20 Å². The SMILES string of the molecule is CCNC(=O)C1CNCCN1c1ncc(Br)cc1Br. The molecule has 0 bridgehead atoms. The number of carbonyl (C=O) groups excluding carboxylic acids is 1. The minimum absolute atomic E-state index is 0.0336. The van der Waals surface area contributed by atoms with Crippen LogP contribution in [-0.4, -0.2) is 43.1 Å². The van der Waals surface area contributed by atoms with Crippen LogP contribution in [0.4, 0.5) is 5.82 Å². The predicted octanol–water partition coefficient (Wildman–Crippen LogP) is 1.52. The summed E-state index contributed by atoms with van der Waals surface area (Å²) >= 11 is 6.90. The second-order valence-corrected chi connectivity index (χ2v) is 6.04. The lowest BCUT2D eigenvalue weighted by atomic mass is 10.1. The van der Waals surface area contributed by atoms with Gasteiger partial charge in [0.1, 0.15) is 11.9 Å². The van der Waals surface area contributed by atoms with Gasteiger partial charge in [0.25, 0.3) is 0 Å². The van der Waals surface area contributed by atoms with Crippen molar-refractivity contribution < 1.29 is 4.79 Å². The Balaban J connectivity index is 2.26. The van der Waals surface area contributed by atoms with Gasteiger partial charge in [-0.3, -0.25) is 4.79 Å². The Kier molecular flexibility index (Phi) is 5.18. The Hall–Kier alpha value is -0.660. The van der Waals surface area contributed by atoms with Crippen LogP contribution in [-0.2, 0) is 4.79 Å². The molecule has 5 nitrogen and oxygen atoms in total. The van der Waals surface area contributed by atoms with Gasteiger partial charge in [-0.2, -0.15) is 0 Å². The van der Waals surface area contributed by atoms with E-state index in [2.05, 4.69) is 47.5 Å². The van der Waals surface area contributed by atoms with Gasteiger partial charge in [0.05, 0.1) is 4.47 Å². The first-order valence-corrected chi connectivity index (χ1v) is 7.78. The third kappa shape index (κ3) is 3.46. The summed E-state index contributed by atoms with van der Waals surface area (Å²) in [5, 5.41) is 6.12. The quantitative estimate of drug-likeness (QED) is 0.820. The standard InChI is InChI=1S/C12H16Br2N4O/c1-2-16-12(19)10-7-15-3-4-18(10)11-9(14)5-8(13)6-17-11/h5-6,10,15H,2-4,7H2,1H3,(H,16,19). The van der Waals surface area contributed by atoms with Crippen LogP contribution in [0.1, 0.15) is 6.92 Å². The zero-order valence-electron chi connectivity index (χ0n) is 10.6. The van der Waals surface area contributed by atoms with Gasteiger partial charge in [0.2, 0.25) is 5.91 Å². The fourth-order valence-electron chi connectivity index (χ4n) is 2.10. The molecular formula is C12H16Br2N4O. The number of pyridine rings is 1. The van der Waals surface area contributed by atoms with Crippen LogP contribution in [0, 0.1) is 0 Å². The van der Waals surface area contributed by atoms with Crippen LogP contribution in [0.5, 0.6) is 0 Å². The smallest absolute Gasteiger partial charge is 0.244 e. The highest BCUT2D eigenvalue weighted by Gasteiger charge is 2.30. The van der Waals surface area contributed by atoms with E-state index in [0.29, 0.717) is 13.1 Å². The fourth-order valence-corrected chi connectivity index (χ4v) is 3.32. The number of hydrogen-bond acceptors (Lipinski definition) is 4. The summed E-state index contributed by atoms with van der Waals surface area (Å²) in [4.78, 5) is 18.6. The van der Waals surface area contributed by atoms with E-state index in [4.69, 9.17) is 0 Å². The number of hydrogen-bond donors (Lipinski definition) is 2. The number of anilines is 1. The molecule has 2 heterocycles. The maximum Gasteiger partial charge on any atom is 0.244 e. The first-order chi connectivity index (χ1) is 9.13. The summed E-state index contributed by atoms with van der Waals surface area (Å²) in [6.45, 7) is 4.80. The minimum Gasteiger partial charge on any atom is -0.355 e. The average molecular weight is 392 g/mol. The van der Waals surface area contributed by atoms with Crippen molar-refractivity contribution >= 4 is 43.6 Å². The summed E-state index contributed by atoms with van der Waals surface area (Å²) in [5.74, 6) is 0.840. The zero-order chi connectivity index (χ0) is 13.8. The summed E-state index contributed by atoms with van der Waals surface area (Å²) in [6.07, 6.45) is 1.75. The van der Waals surface area contributed by atoms with Gasteiger partial charge in [0.15, 0.2) is 0 Å². The van der Waals surface area contributed by atoms with Gasteiger partial charge >= 0.3 is 0 Å². The Morgan fingerprint density at radius 3 is 3.11 bits per heavy atom. The largest absolute Gasteiger partial charge is 0.355 e. The van der Waals surface area contributed by atoms with Crippen molar-refractivity contribution in [3.05, 3.63) is 21.2 Å². The second-order valence-electron chi connectivity index (χ2n) is 4.27. The topological polar surface area (TPSA) is 57.3 Å². The molecule has 104 valence electrons. The molecule has 0 saturated carbocycles. The molecule has 1 fully saturated rings. The number of likely N-dealkylation sites (N-methyl/N-ethyl adjacent to an activating group) is 1. The third-order valence-corrected chi connectivity index (χ3v) is 3.97. The summed E-state index contributed by atoms with van der Waals surface area (Å²) in [5.41, 5.74) is 0. The average Bonchev–Trinajstić information content (AvgIpc) is 2.39. The molecule has 0 radical (unpaired) electrons. The molecule has 1 aliphatic rings. The van der Waals surface area contributed by atoms with Gasteiger partial charge in [-0.25, -0.2) is 4.98 Å². The molecule has 19 heavy (non-hydrogen) atoms. The normalized spacial score (nSPS) is 19.3. The Bertz CT molecular complexity index is 469. The van der Waals surface area contributed by atoms with E-state index in [-0.39, 0.29) is 11.9 Å². The molecule has 0 spiro atoms. The van der Waals surface area contributed by atoms with Gasteiger partial charge in [-0.05, 0) is 44.8 Å². The van der Waals surface area contributed by atoms with E-state index in [9.17, 15) is 4.79 Å². The lowest BCUT2D eigenvalue weighted by molar-refractivity contribution is -0.122. The number of halogens is 2. The number of carbonyl (C=O) groups is 1. The molecule has 7 heteroatoms.